The van der Waals surface area contributed by atoms with E-state index >= 15 is 0 Å². The Bertz CT molecular complexity index is 869. The fourth-order valence-corrected chi connectivity index (χ4v) is 3.32. The number of nitriles is 1. The maximum absolute atomic E-state index is 12.3. The highest BCUT2D eigenvalue weighted by atomic mass is 32.2. The quantitative estimate of drug-likeness (QED) is 0.769. The third kappa shape index (κ3) is 4.72. The van der Waals surface area contributed by atoms with E-state index in [1.165, 1.54) is 18.4 Å². The highest BCUT2D eigenvalue weighted by Gasteiger charge is 2.19. The van der Waals surface area contributed by atoms with E-state index in [4.69, 9.17) is 10.00 Å². The highest BCUT2D eigenvalue weighted by Crippen LogP contribution is 2.22. The van der Waals surface area contributed by atoms with Crippen LogP contribution >= 0.6 is 0 Å². The van der Waals surface area contributed by atoms with Gasteiger partial charge < -0.3 is 10.1 Å². The Balaban J connectivity index is 1.96. The number of hydrogen-bond acceptors (Lipinski definition) is 5. The molecule has 2 aromatic carbocycles. The van der Waals surface area contributed by atoms with Gasteiger partial charge in [-0.3, -0.25) is 0 Å². The summed E-state index contributed by atoms with van der Waals surface area (Å²) >= 11 is 0. The second-order valence-electron chi connectivity index (χ2n) is 5.68. The molecule has 25 heavy (non-hydrogen) atoms. The monoisotopic (exact) mass is 359 g/mol. The van der Waals surface area contributed by atoms with Crippen LogP contribution in [-0.2, 0) is 10.0 Å². The summed E-state index contributed by atoms with van der Waals surface area (Å²) in [7, 11) is -0.446. The lowest BCUT2D eigenvalue weighted by Gasteiger charge is -2.15. The van der Waals surface area contributed by atoms with E-state index in [9.17, 15) is 8.42 Å². The summed E-state index contributed by atoms with van der Waals surface area (Å²) in [5, 5.41) is 11.9. The van der Waals surface area contributed by atoms with E-state index in [2.05, 4.69) is 11.4 Å². The Morgan fingerprint density at radius 3 is 2.44 bits per heavy atom. The van der Waals surface area contributed by atoms with Crippen molar-refractivity contribution in [3.05, 3.63) is 53.6 Å². The second-order valence-corrected chi connectivity index (χ2v) is 7.80. The lowest BCUT2D eigenvalue weighted by molar-refractivity contribution is 0.333. The van der Waals surface area contributed by atoms with Crippen LogP contribution in [0, 0.1) is 18.3 Å². The minimum absolute atomic E-state index is 0.288. The minimum Gasteiger partial charge on any atom is -0.492 e. The van der Waals surface area contributed by atoms with Crippen molar-refractivity contribution in [2.45, 2.75) is 11.8 Å². The summed E-state index contributed by atoms with van der Waals surface area (Å²) in [5.74, 6) is 0.681. The van der Waals surface area contributed by atoms with Gasteiger partial charge in [0.1, 0.15) is 12.4 Å². The molecular weight excluding hydrogens is 338 g/mol. The van der Waals surface area contributed by atoms with Crippen LogP contribution in [0.25, 0.3) is 0 Å². The van der Waals surface area contributed by atoms with Crippen LogP contribution in [-0.4, -0.2) is 40.0 Å². The van der Waals surface area contributed by atoms with Crippen molar-refractivity contribution in [2.75, 3.05) is 32.6 Å². The van der Waals surface area contributed by atoms with Crippen LogP contribution in [0.5, 0.6) is 5.75 Å². The SMILES string of the molecule is Cc1ccc(NCCOc2ccc(C#N)cc2)cc1S(=O)(=O)N(C)C. The molecule has 0 bridgehead atoms. The van der Waals surface area contributed by atoms with Crippen LogP contribution < -0.4 is 10.1 Å². The third-order valence-electron chi connectivity index (χ3n) is 3.63. The number of aryl methyl sites for hydroxylation is 1. The molecule has 2 rings (SSSR count). The Morgan fingerprint density at radius 1 is 1.16 bits per heavy atom. The fourth-order valence-electron chi connectivity index (χ4n) is 2.17. The summed E-state index contributed by atoms with van der Waals surface area (Å²) in [6.45, 7) is 2.70. The maximum atomic E-state index is 12.3. The molecule has 0 fully saturated rings. The Kier molecular flexibility index (Phi) is 6.02. The van der Waals surface area contributed by atoms with Crippen LogP contribution in [0.3, 0.4) is 0 Å². The zero-order valence-corrected chi connectivity index (χ0v) is 15.3. The minimum atomic E-state index is -3.47. The number of benzene rings is 2. The summed E-state index contributed by atoms with van der Waals surface area (Å²) in [5.41, 5.74) is 2.00. The van der Waals surface area contributed by atoms with E-state index in [0.29, 0.717) is 30.0 Å². The van der Waals surface area contributed by atoms with Crippen LogP contribution in [0.4, 0.5) is 5.69 Å². The van der Waals surface area contributed by atoms with E-state index in [-0.39, 0.29) is 4.90 Å². The maximum Gasteiger partial charge on any atom is 0.242 e. The molecule has 0 aliphatic carbocycles. The Morgan fingerprint density at radius 2 is 1.84 bits per heavy atom. The average molecular weight is 359 g/mol. The van der Waals surface area contributed by atoms with E-state index < -0.39 is 10.0 Å². The highest BCUT2D eigenvalue weighted by molar-refractivity contribution is 7.89. The summed E-state index contributed by atoms with van der Waals surface area (Å²) in [4.78, 5) is 0.288. The predicted octanol–water partition coefficient (Wildman–Crippen LogP) is 2.61. The molecule has 0 saturated carbocycles. The van der Waals surface area contributed by atoms with Gasteiger partial charge >= 0.3 is 0 Å². The van der Waals surface area contributed by atoms with Crippen molar-refractivity contribution in [1.29, 1.82) is 5.26 Å². The molecule has 0 atom stereocenters. The zero-order chi connectivity index (χ0) is 18.4. The molecule has 0 unspecified atom stereocenters. The molecule has 6 nitrogen and oxygen atoms in total. The zero-order valence-electron chi connectivity index (χ0n) is 14.5. The van der Waals surface area contributed by atoms with Gasteiger partial charge in [-0.2, -0.15) is 5.26 Å². The van der Waals surface area contributed by atoms with Gasteiger partial charge in [-0.1, -0.05) is 6.07 Å². The molecule has 0 spiro atoms. The number of hydrogen-bond donors (Lipinski definition) is 1. The molecule has 2 aromatic rings. The van der Waals surface area contributed by atoms with Gasteiger partial charge in [0.25, 0.3) is 0 Å². The van der Waals surface area contributed by atoms with Gasteiger partial charge in [0.2, 0.25) is 10.0 Å². The molecule has 0 radical (unpaired) electrons. The largest absolute Gasteiger partial charge is 0.492 e. The third-order valence-corrected chi connectivity index (χ3v) is 5.59. The number of anilines is 1. The second kappa shape index (κ2) is 8.01. The number of ether oxygens (including phenoxy) is 1. The molecule has 1 N–H and O–H groups in total. The van der Waals surface area contributed by atoms with Gasteiger partial charge in [-0.25, -0.2) is 12.7 Å². The topological polar surface area (TPSA) is 82.4 Å². The van der Waals surface area contributed by atoms with Crippen LogP contribution in [0.2, 0.25) is 0 Å². The smallest absolute Gasteiger partial charge is 0.242 e. The van der Waals surface area contributed by atoms with Crippen molar-refractivity contribution in [3.63, 3.8) is 0 Å². The number of sulfonamides is 1. The molecule has 0 amide bonds. The predicted molar refractivity (Wildman–Crippen MR) is 97.2 cm³/mol. The van der Waals surface area contributed by atoms with E-state index in [1.807, 2.05) is 6.07 Å². The number of rotatable bonds is 7. The van der Waals surface area contributed by atoms with Crippen molar-refractivity contribution in [2.24, 2.45) is 0 Å². The molecule has 132 valence electrons. The number of nitrogens with one attached hydrogen (secondary N) is 1. The normalized spacial score (nSPS) is 11.2. The molecule has 7 heteroatoms. The summed E-state index contributed by atoms with van der Waals surface area (Å²) in [6.07, 6.45) is 0. The first-order valence-corrected chi connectivity index (χ1v) is 9.18. The van der Waals surface area contributed by atoms with Crippen molar-refractivity contribution in [3.8, 4) is 11.8 Å². The lowest BCUT2D eigenvalue weighted by Crippen LogP contribution is -2.23. The standard InChI is InChI=1S/C18H21N3O3S/c1-14-4-7-16(12-18(14)25(22,23)21(2)3)20-10-11-24-17-8-5-15(13-19)6-9-17/h4-9,12,20H,10-11H2,1-3H3. The van der Waals surface area contributed by atoms with E-state index in [0.717, 1.165) is 5.69 Å². The average Bonchev–Trinajstić information content (AvgIpc) is 2.60. The summed E-state index contributed by atoms with van der Waals surface area (Å²) < 4.78 is 31.4. The first kappa shape index (κ1) is 18.8. The van der Waals surface area contributed by atoms with E-state index in [1.54, 1.807) is 43.3 Å². The Hall–Kier alpha value is -2.56. The van der Waals surface area contributed by atoms with Crippen LogP contribution in [0.1, 0.15) is 11.1 Å². The molecule has 0 saturated heterocycles. The van der Waals surface area contributed by atoms with Crippen molar-refractivity contribution < 1.29 is 13.2 Å². The van der Waals surface area contributed by atoms with Gasteiger partial charge in [0.05, 0.1) is 16.5 Å². The molecule has 0 aliphatic rings. The van der Waals surface area contributed by atoms with Gasteiger partial charge in [-0.05, 0) is 48.9 Å². The van der Waals surface area contributed by atoms with Crippen molar-refractivity contribution in [1.82, 2.24) is 4.31 Å². The van der Waals surface area contributed by atoms with Crippen LogP contribution in [0.15, 0.2) is 47.4 Å². The fraction of sp³-hybridized carbons (Fsp3) is 0.278. The van der Waals surface area contributed by atoms with Gasteiger partial charge in [0, 0.05) is 26.3 Å². The Labute approximate surface area is 148 Å². The molecular formula is C18H21N3O3S. The lowest BCUT2D eigenvalue weighted by atomic mass is 10.2. The first-order valence-electron chi connectivity index (χ1n) is 7.74. The van der Waals surface area contributed by atoms with Crippen molar-refractivity contribution >= 4 is 15.7 Å². The number of nitrogens with zero attached hydrogens (tertiary/aromatic N) is 2. The first-order chi connectivity index (χ1) is 11.8. The molecule has 0 heterocycles. The molecule has 0 aliphatic heterocycles. The summed E-state index contributed by atoms with van der Waals surface area (Å²) in [6, 6.07) is 14.2. The molecule has 0 aromatic heterocycles. The van der Waals surface area contributed by atoms with Gasteiger partial charge in [0.15, 0.2) is 0 Å². The van der Waals surface area contributed by atoms with Gasteiger partial charge in [-0.15, -0.1) is 0 Å².